The highest BCUT2D eigenvalue weighted by molar-refractivity contribution is 6.07. The van der Waals surface area contributed by atoms with Gasteiger partial charge in [-0.25, -0.2) is 9.18 Å². The Labute approximate surface area is 120 Å². The summed E-state index contributed by atoms with van der Waals surface area (Å²) in [6, 6.07) is 5.17. The first-order chi connectivity index (χ1) is 10.0. The summed E-state index contributed by atoms with van der Waals surface area (Å²) in [4.78, 5) is 25.5. The van der Waals surface area contributed by atoms with E-state index in [9.17, 15) is 14.0 Å². The second-order valence-corrected chi connectivity index (χ2v) is 5.29. The van der Waals surface area contributed by atoms with E-state index in [2.05, 4.69) is 10.6 Å². The number of imide groups is 1. The van der Waals surface area contributed by atoms with Crippen molar-refractivity contribution in [3.05, 3.63) is 35.1 Å². The summed E-state index contributed by atoms with van der Waals surface area (Å²) < 4.78 is 13.4. The second-order valence-electron chi connectivity index (χ2n) is 5.29. The summed E-state index contributed by atoms with van der Waals surface area (Å²) in [5.41, 5.74) is -0.296. The van der Waals surface area contributed by atoms with Gasteiger partial charge in [-0.2, -0.15) is 5.26 Å². The van der Waals surface area contributed by atoms with Crippen LogP contribution in [0.15, 0.2) is 18.2 Å². The van der Waals surface area contributed by atoms with Gasteiger partial charge in [-0.15, -0.1) is 0 Å². The van der Waals surface area contributed by atoms with Gasteiger partial charge < -0.3 is 10.6 Å². The molecule has 2 saturated heterocycles. The van der Waals surface area contributed by atoms with E-state index in [1.807, 2.05) is 6.07 Å². The smallest absolute Gasteiger partial charge is 0.322 e. The molecule has 108 valence electrons. The minimum Gasteiger partial charge on any atom is -0.322 e. The van der Waals surface area contributed by atoms with Crippen LogP contribution in [0.2, 0.25) is 0 Å². The van der Waals surface area contributed by atoms with E-state index in [0.717, 1.165) is 11.0 Å². The van der Waals surface area contributed by atoms with E-state index in [1.54, 1.807) is 0 Å². The summed E-state index contributed by atoms with van der Waals surface area (Å²) in [6.45, 7) is 1.03. The number of carbonyl (C=O) groups excluding carboxylic acids is 2. The molecule has 1 unspecified atom stereocenters. The van der Waals surface area contributed by atoms with Crippen LogP contribution in [0.3, 0.4) is 0 Å². The number of hydrogen-bond donors (Lipinski definition) is 2. The highest BCUT2D eigenvalue weighted by Crippen LogP contribution is 2.25. The van der Waals surface area contributed by atoms with Gasteiger partial charge in [0.1, 0.15) is 11.4 Å². The van der Waals surface area contributed by atoms with Gasteiger partial charge in [-0.3, -0.25) is 9.69 Å². The molecule has 2 heterocycles. The molecule has 7 heteroatoms. The number of rotatable bonds is 2. The number of nitriles is 1. The van der Waals surface area contributed by atoms with Crippen molar-refractivity contribution < 1.29 is 14.0 Å². The summed E-state index contributed by atoms with van der Waals surface area (Å²) in [6.07, 6.45) is 0.542. The maximum atomic E-state index is 13.4. The zero-order chi connectivity index (χ0) is 15.0. The third kappa shape index (κ3) is 2.23. The van der Waals surface area contributed by atoms with Crippen molar-refractivity contribution in [2.24, 2.45) is 0 Å². The van der Waals surface area contributed by atoms with Crippen LogP contribution in [0.5, 0.6) is 0 Å². The molecular weight excluding hydrogens is 275 g/mol. The topological polar surface area (TPSA) is 85.2 Å². The first-order valence-electron chi connectivity index (χ1n) is 6.58. The van der Waals surface area contributed by atoms with Crippen LogP contribution in [0.4, 0.5) is 9.18 Å². The quantitative estimate of drug-likeness (QED) is 0.775. The Morgan fingerprint density at radius 1 is 1.38 bits per heavy atom. The monoisotopic (exact) mass is 288 g/mol. The van der Waals surface area contributed by atoms with Crippen molar-refractivity contribution >= 4 is 11.9 Å². The van der Waals surface area contributed by atoms with Gasteiger partial charge in [-0.05, 0) is 36.7 Å². The average Bonchev–Trinajstić information content (AvgIpc) is 3.00. The number of hydrogen-bond acceptors (Lipinski definition) is 4. The molecule has 2 fully saturated rings. The van der Waals surface area contributed by atoms with Crippen LogP contribution < -0.4 is 10.6 Å². The van der Waals surface area contributed by atoms with Crippen LogP contribution in [0, 0.1) is 17.1 Å². The number of nitrogens with one attached hydrogen (secondary N) is 2. The number of amides is 3. The van der Waals surface area contributed by atoms with E-state index in [4.69, 9.17) is 5.26 Å². The Morgan fingerprint density at radius 3 is 2.86 bits per heavy atom. The van der Waals surface area contributed by atoms with Crippen molar-refractivity contribution in [2.75, 3.05) is 13.1 Å². The standard InChI is InChI=1S/C14H13FN4O2/c15-11-4-9(6-16)3-10(5-11)7-19-12(20)14(18-13(19)21)1-2-17-8-14/h3-5,17H,1-2,7-8H2,(H,18,21). The number of urea groups is 1. The maximum Gasteiger partial charge on any atom is 0.325 e. The molecule has 3 amide bonds. The van der Waals surface area contributed by atoms with Crippen molar-refractivity contribution in [1.82, 2.24) is 15.5 Å². The predicted octanol–water partition coefficient (Wildman–Crippen LogP) is 0.481. The van der Waals surface area contributed by atoms with Crippen LogP contribution in [0.25, 0.3) is 0 Å². The molecule has 1 aromatic rings. The molecule has 0 bridgehead atoms. The average molecular weight is 288 g/mol. The Morgan fingerprint density at radius 2 is 2.19 bits per heavy atom. The molecule has 1 aromatic carbocycles. The first kappa shape index (κ1) is 13.5. The molecule has 2 N–H and O–H groups in total. The lowest BCUT2D eigenvalue weighted by atomic mass is 9.99. The molecule has 1 spiro atoms. The SMILES string of the molecule is N#Cc1cc(F)cc(CN2C(=O)NC3(CCNC3)C2=O)c1. The lowest BCUT2D eigenvalue weighted by Gasteiger charge is -2.19. The van der Waals surface area contributed by atoms with E-state index in [-0.39, 0.29) is 18.0 Å². The Bertz CT molecular complexity index is 661. The van der Waals surface area contributed by atoms with Crippen LogP contribution in [-0.4, -0.2) is 35.5 Å². The third-order valence-electron chi connectivity index (χ3n) is 3.83. The third-order valence-corrected chi connectivity index (χ3v) is 3.83. The van der Waals surface area contributed by atoms with Gasteiger partial charge in [0.2, 0.25) is 0 Å². The van der Waals surface area contributed by atoms with Crippen molar-refractivity contribution in [1.29, 1.82) is 5.26 Å². The van der Waals surface area contributed by atoms with Gasteiger partial charge in [0.25, 0.3) is 5.91 Å². The summed E-state index contributed by atoms with van der Waals surface area (Å²) in [5, 5.41) is 14.6. The molecule has 0 aromatic heterocycles. The molecule has 21 heavy (non-hydrogen) atoms. The van der Waals surface area contributed by atoms with E-state index in [1.165, 1.54) is 12.1 Å². The number of nitrogens with zero attached hydrogens (tertiary/aromatic N) is 2. The summed E-state index contributed by atoms with van der Waals surface area (Å²) >= 11 is 0. The van der Waals surface area contributed by atoms with Gasteiger partial charge in [0, 0.05) is 6.54 Å². The van der Waals surface area contributed by atoms with E-state index >= 15 is 0 Å². The Balaban J connectivity index is 1.85. The van der Waals surface area contributed by atoms with Gasteiger partial charge in [0.05, 0.1) is 18.2 Å². The predicted molar refractivity (Wildman–Crippen MR) is 70.4 cm³/mol. The molecule has 1 atom stereocenters. The largest absolute Gasteiger partial charge is 0.325 e. The molecule has 2 aliphatic heterocycles. The van der Waals surface area contributed by atoms with E-state index < -0.39 is 17.4 Å². The molecule has 0 radical (unpaired) electrons. The van der Waals surface area contributed by atoms with Crippen molar-refractivity contribution in [3.63, 3.8) is 0 Å². The van der Waals surface area contributed by atoms with Crippen molar-refractivity contribution in [2.45, 2.75) is 18.5 Å². The van der Waals surface area contributed by atoms with Crippen LogP contribution in [-0.2, 0) is 11.3 Å². The van der Waals surface area contributed by atoms with Crippen LogP contribution >= 0.6 is 0 Å². The number of carbonyl (C=O) groups is 2. The Hall–Kier alpha value is -2.46. The first-order valence-corrected chi connectivity index (χ1v) is 6.58. The molecular formula is C14H13FN4O2. The fraction of sp³-hybridized carbons (Fsp3) is 0.357. The van der Waals surface area contributed by atoms with Crippen LogP contribution in [0.1, 0.15) is 17.5 Å². The number of halogens is 1. The van der Waals surface area contributed by atoms with Gasteiger partial charge in [0.15, 0.2) is 0 Å². The van der Waals surface area contributed by atoms with Crippen molar-refractivity contribution in [3.8, 4) is 6.07 Å². The van der Waals surface area contributed by atoms with Gasteiger partial charge in [-0.1, -0.05) is 0 Å². The molecule has 6 nitrogen and oxygen atoms in total. The molecule has 0 saturated carbocycles. The lowest BCUT2D eigenvalue weighted by Crippen LogP contribution is -2.48. The zero-order valence-electron chi connectivity index (χ0n) is 11.1. The fourth-order valence-corrected chi connectivity index (χ4v) is 2.79. The summed E-state index contributed by atoms with van der Waals surface area (Å²) in [7, 11) is 0. The lowest BCUT2D eigenvalue weighted by molar-refractivity contribution is -0.131. The zero-order valence-corrected chi connectivity index (χ0v) is 11.1. The van der Waals surface area contributed by atoms with Gasteiger partial charge >= 0.3 is 6.03 Å². The second kappa shape index (κ2) is 4.82. The minimum absolute atomic E-state index is 0.0428. The normalized spacial score (nSPS) is 24.5. The highest BCUT2D eigenvalue weighted by atomic mass is 19.1. The molecule has 2 aliphatic rings. The summed E-state index contributed by atoms with van der Waals surface area (Å²) in [5.74, 6) is -0.867. The highest BCUT2D eigenvalue weighted by Gasteiger charge is 2.52. The Kier molecular flexibility index (Phi) is 3.11. The fourth-order valence-electron chi connectivity index (χ4n) is 2.79. The molecule has 3 rings (SSSR count). The van der Waals surface area contributed by atoms with E-state index in [0.29, 0.717) is 25.1 Å². The number of benzene rings is 1. The molecule has 0 aliphatic carbocycles. The maximum absolute atomic E-state index is 13.4. The minimum atomic E-state index is -0.873.